The van der Waals surface area contributed by atoms with Gasteiger partial charge in [-0.2, -0.15) is 5.26 Å². The van der Waals surface area contributed by atoms with Crippen LogP contribution in [-0.4, -0.2) is 53.3 Å². The highest BCUT2D eigenvalue weighted by Crippen LogP contribution is 2.27. The van der Waals surface area contributed by atoms with Crippen molar-refractivity contribution in [3.63, 3.8) is 0 Å². The van der Waals surface area contributed by atoms with Crippen LogP contribution in [0.3, 0.4) is 0 Å². The number of hydrogen-bond donors (Lipinski definition) is 1. The second-order valence-corrected chi connectivity index (χ2v) is 15.2. The Labute approximate surface area is 179 Å². The molecule has 1 aliphatic rings. The predicted octanol–water partition coefficient (Wildman–Crippen LogP) is 4.15. The molecule has 0 spiro atoms. The van der Waals surface area contributed by atoms with E-state index in [0.717, 1.165) is 36.6 Å². The van der Waals surface area contributed by atoms with Crippen LogP contribution in [0.15, 0.2) is 12.3 Å². The van der Waals surface area contributed by atoms with Gasteiger partial charge in [0.1, 0.15) is 24.0 Å². The number of likely N-dealkylation sites (tertiary alicyclic amines) is 1. The van der Waals surface area contributed by atoms with Gasteiger partial charge < -0.3 is 14.4 Å². The summed E-state index contributed by atoms with van der Waals surface area (Å²) in [7, 11) is -1.19. The Morgan fingerprint density at radius 2 is 2.20 bits per heavy atom. The van der Waals surface area contributed by atoms with Gasteiger partial charge in [-0.25, -0.2) is 9.78 Å². The molecule has 0 radical (unpaired) electrons. The van der Waals surface area contributed by atoms with Crippen LogP contribution in [0.1, 0.15) is 41.4 Å². The van der Waals surface area contributed by atoms with Gasteiger partial charge in [0.05, 0.1) is 11.1 Å². The Hall–Kier alpha value is -2.21. The van der Waals surface area contributed by atoms with E-state index in [1.165, 1.54) is 6.42 Å². The Morgan fingerprint density at radius 1 is 1.43 bits per heavy atom. The summed E-state index contributed by atoms with van der Waals surface area (Å²) < 4.78 is 7.85. The van der Waals surface area contributed by atoms with Crippen molar-refractivity contribution in [2.45, 2.75) is 58.7 Å². The molecule has 0 amide bonds. The molecule has 0 unspecified atom stereocenters. The average Bonchev–Trinajstić information content (AvgIpc) is 3.02. The summed E-state index contributed by atoms with van der Waals surface area (Å²) in [6.45, 7) is 12.8. The van der Waals surface area contributed by atoms with Crippen molar-refractivity contribution in [1.29, 1.82) is 5.26 Å². The van der Waals surface area contributed by atoms with Gasteiger partial charge in [0.25, 0.3) is 0 Å². The monoisotopic (exact) mass is 428 g/mol. The van der Waals surface area contributed by atoms with E-state index in [9.17, 15) is 15.2 Å². The molecule has 1 saturated heterocycles. The van der Waals surface area contributed by atoms with E-state index in [4.69, 9.17) is 4.74 Å². The molecule has 162 valence electrons. The average molecular weight is 429 g/mol. The molecular formula is C22H32N4O3Si. The topological polar surface area (TPSA) is 91.4 Å². The number of carboxylic acid groups (broad SMARTS) is 1. The molecule has 1 fully saturated rings. The van der Waals surface area contributed by atoms with Gasteiger partial charge in [-0.15, -0.1) is 0 Å². The maximum atomic E-state index is 11.7. The molecular weight excluding hydrogens is 396 g/mol. The quantitative estimate of drug-likeness (QED) is 0.502. The number of ether oxygens (including phenoxy) is 1. The minimum absolute atomic E-state index is 0.0172. The molecule has 30 heavy (non-hydrogen) atoms. The van der Waals surface area contributed by atoms with E-state index < -0.39 is 14.0 Å². The molecule has 1 atom stereocenters. The highest BCUT2D eigenvalue weighted by atomic mass is 28.3. The van der Waals surface area contributed by atoms with E-state index in [-0.39, 0.29) is 5.69 Å². The first-order valence-electron chi connectivity index (χ1n) is 10.6. The van der Waals surface area contributed by atoms with Gasteiger partial charge in [0.15, 0.2) is 0 Å². The molecule has 2 aromatic heterocycles. The first kappa shape index (κ1) is 22.5. The van der Waals surface area contributed by atoms with E-state index in [0.29, 0.717) is 36.9 Å². The van der Waals surface area contributed by atoms with Crippen LogP contribution < -0.4 is 0 Å². The molecule has 0 aromatic carbocycles. The van der Waals surface area contributed by atoms with Crippen molar-refractivity contribution < 1.29 is 14.6 Å². The molecule has 1 aliphatic heterocycles. The zero-order chi connectivity index (χ0) is 21.9. The lowest BCUT2D eigenvalue weighted by molar-refractivity contribution is 0.0690. The first-order chi connectivity index (χ1) is 14.2. The normalized spacial score (nSPS) is 17.9. The summed E-state index contributed by atoms with van der Waals surface area (Å²) in [5.74, 6) is -0.449. The molecule has 3 rings (SSSR count). The number of carboxylic acids is 1. The number of nitriles is 1. The van der Waals surface area contributed by atoms with E-state index in [2.05, 4.69) is 42.5 Å². The van der Waals surface area contributed by atoms with Crippen LogP contribution in [0, 0.1) is 17.2 Å². The fourth-order valence-electron chi connectivity index (χ4n) is 4.01. The lowest BCUT2D eigenvalue weighted by atomic mass is 9.99. The van der Waals surface area contributed by atoms with Gasteiger partial charge in [-0.1, -0.05) is 26.6 Å². The summed E-state index contributed by atoms with van der Waals surface area (Å²) in [6.07, 6.45) is 4.11. The second-order valence-electron chi connectivity index (χ2n) is 9.62. The third-order valence-corrected chi connectivity index (χ3v) is 7.30. The van der Waals surface area contributed by atoms with Gasteiger partial charge >= 0.3 is 5.97 Å². The zero-order valence-electron chi connectivity index (χ0n) is 18.4. The Balaban J connectivity index is 1.95. The maximum Gasteiger partial charge on any atom is 0.354 e. The summed E-state index contributed by atoms with van der Waals surface area (Å²) in [5, 5.41) is 19.2. The number of hydrogen-bond acceptors (Lipinski definition) is 5. The Bertz CT molecular complexity index is 958. The lowest BCUT2D eigenvalue weighted by Gasteiger charge is -2.31. The SMILES string of the molecule is C[C@H]1CCCN(Cc2cc(C(=O)O)nc3c(C#N)cn(COCC[Si](C)(C)C)c23)C1. The minimum atomic E-state index is -1.19. The molecule has 0 saturated carbocycles. The van der Waals surface area contributed by atoms with Gasteiger partial charge in [0, 0.05) is 34.0 Å². The zero-order valence-corrected chi connectivity index (χ0v) is 19.4. The van der Waals surface area contributed by atoms with Crippen molar-refractivity contribution in [2.24, 2.45) is 5.92 Å². The van der Waals surface area contributed by atoms with Gasteiger partial charge in [0.2, 0.25) is 0 Å². The second kappa shape index (κ2) is 9.29. The third kappa shape index (κ3) is 5.48. The molecule has 7 nitrogen and oxygen atoms in total. The Kier molecular flexibility index (Phi) is 6.96. The maximum absolute atomic E-state index is 11.7. The lowest BCUT2D eigenvalue weighted by Crippen LogP contribution is -2.34. The van der Waals surface area contributed by atoms with Crippen LogP contribution in [0.25, 0.3) is 11.0 Å². The molecule has 2 aromatic rings. The van der Waals surface area contributed by atoms with Crippen molar-refractivity contribution in [3.8, 4) is 6.07 Å². The largest absolute Gasteiger partial charge is 0.477 e. The van der Waals surface area contributed by atoms with Crippen molar-refractivity contribution in [2.75, 3.05) is 19.7 Å². The minimum Gasteiger partial charge on any atom is -0.477 e. The number of aromatic nitrogens is 2. The summed E-state index contributed by atoms with van der Waals surface area (Å²) >= 11 is 0. The van der Waals surface area contributed by atoms with Gasteiger partial charge in [-0.3, -0.25) is 4.90 Å². The summed E-state index contributed by atoms with van der Waals surface area (Å²) in [6, 6.07) is 4.89. The van der Waals surface area contributed by atoms with Crippen molar-refractivity contribution >= 4 is 25.1 Å². The number of rotatable bonds is 8. The number of fused-ring (bicyclic) bond motifs is 1. The summed E-state index contributed by atoms with van der Waals surface area (Å²) in [4.78, 5) is 18.3. The summed E-state index contributed by atoms with van der Waals surface area (Å²) in [5.41, 5.74) is 2.52. The van der Waals surface area contributed by atoms with Crippen LogP contribution in [-0.2, 0) is 18.0 Å². The number of aromatic carboxylic acids is 1. The molecule has 0 bridgehead atoms. The fourth-order valence-corrected chi connectivity index (χ4v) is 4.76. The van der Waals surface area contributed by atoms with E-state index in [1.807, 2.05) is 4.57 Å². The number of carbonyl (C=O) groups is 1. The first-order valence-corrected chi connectivity index (χ1v) is 14.3. The van der Waals surface area contributed by atoms with E-state index in [1.54, 1.807) is 12.3 Å². The van der Waals surface area contributed by atoms with Crippen LogP contribution in [0.4, 0.5) is 0 Å². The fraction of sp³-hybridized carbons (Fsp3) is 0.591. The molecule has 1 N–H and O–H groups in total. The predicted molar refractivity (Wildman–Crippen MR) is 119 cm³/mol. The third-order valence-electron chi connectivity index (χ3n) is 5.60. The molecule has 0 aliphatic carbocycles. The molecule has 8 heteroatoms. The van der Waals surface area contributed by atoms with Gasteiger partial charge in [-0.05, 0) is 43.0 Å². The van der Waals surface area contributed by atoms with Crippen molar-refractivity contribution in [1.82, 2.24) is 14.5 Å². The molecule has 3 heterocycles. The van der Waals surface area contributed by atoms with Crippen LogP contribution >= 0.6 is 0 Å². The van der Waals surface area contributed by atoms with Crippen LogP contribution in [0.2, 0.25) is 25.7 Å². The Morgan fingerprint density at radius 3 is 2.83 bits per heavy atom. The van der Waals surface area contributed by atoms with E-state index >= 15 is 0 Å². The van der Waals surface area contributed by atoms with Crippen molar-refractivity contribution in [3.05, 3.63) is 29.1 Å². The highest BCUT2D eigenvalue weighted by Gasteiger charge is 2.22. The highest BCUT2D eigenvalue weighted by molar-refractivity contribution is 6.76. The smallest absolute Gasteiger partial charge is 0.354 e. The number of nitrogens with zero attached hydrogens (tertiary/aromatic N) is 4. The standard InChI is InChI=1S/C22H32N4O3Si/c1-16-6-5-7-25(12-16)13-17-10-19(22(27)28)24-20-18(11-23)14-26(21(17)20)15-29-8-9-30(2,3)4/h10,14,16H,5-9,12-13,15H2,1-4H3,(H,27,28)/t16-/m0/s1. The number of piperidine rings is 1. The number of pyridine rings is 1. The van der Waals surface area contributed by atoms with Crippen LogP contribution in [0.5, 0.6) is 0 Å².